The molecule has 3 N–H and O–H groups in total. The summed E-state index contributed by atoms with van der Waals surface area (Å²) in [6.45, 7) is 4.23. The van der Waals surface area contributed by atoms with Crippen LogP contribution in [0.1, 0.15) is 20.3 Å². The van der Waals surface area contributed by atoms with Gasteiger partial charge in [-0.25, -0.2) is 0 Å². The third kappa shape index (κ3) is 3.96. The number of nitrogens with two attached hydrogens (primary N) is 1. The molecule has 2 rings (SSSR count). The fourth-order valence-corrected chi connectivity index (χ4v) is 3.47. The van der Waals surface area contributed by atoms with E-state index in [2.05, 4.69) is 49.4 Å². The number of benzene rings is 2. The fourth-order valence-electron chi connectivity index (χ4n) is 2.22. The minimum Gasteiger partial charge on any atom is -0.389 e. The molecule has 2 unspecified atom stereocenters. The van der Waals surface area contributed by atoms with Gasteiger partial charge in [0, 0.05) is 16.7 Å². The Kier molecular flexibility index (Phi) is 4.50. The van der Waals surface area contributed by atoms with Gasteiger partial charge in [-0.3, -0.25) is 0 Å². The molecule has 3 heteroatoms. The van der Waals surface area contributed by atoms with Crippen molar-refractivity contribution in [3.63, 3.8) is 0 Å². The normalized spacial score (nSPS) is 16.2. The van der Waals surface area contributed by atoms with E-state index in [1.165, 1.54) is 15.7 Å². The van der Waals surface area contributed by atoms with Crippen molar-refractivity contribution >= 4 is 22.5 Å². The van der Waals surface area contributed by atoms with Crippen molar-refractivity contribution in [2.45, 2.75) is 36.0 Å². The van der Waals surface area contributed by atoms with Gasteiger partial charge in [0.1, 0.15) is 0 Å². The maximum atomic E-state index is 10.0. The van der Waals surface area contributed by atoms with Gasteiger partial charge in [0.25, 0.3) is 0 Å². The van der Waals surface area contributed by atoms with Crippen LogP contribution in [0.3, 0.4) is 0 Å². The summed E-state index contributed by atoms with van der Waals surface area (Å²) in [5.74, 6) is 0. The van der Waals surface area contributed by atoms with E-state index >= 15 is 0 Å². The van der Waals surface area contributed by atoms with E-state index in [-0.39, 0.29) is 0 Å². The average Bonchev–Trinajstić information content (AvgIpc) is 2.38. The van der Waals surface area contributed by atoms with E-state index in [0.717, 1.165) is 0 Å². The summed E-state index contributed by atoms with van der Waals surface area (Å²) >= 11 is 1.79. The molecule has 0 spiro atoms. The Hall–Kier alpha value is -1.03. The summed E-state index contributed by atoms with van der Waals surface area (Å²) in [5, 5.41) is 12.9. The topological polar surface area (TPSA) is 46.2 Å². The van der Waals surface area contributed by atoms with E-state index in [1.54, 1.807) is 18.7 Å². The van der Waals surface area contributed by atoms with Crippen LogP contribution in [0, 0.1) is 0 Å². The predicted octanol–water partition coefficient (Wildman–Crippen LogP) is 3.42. The fraction of sp³-hybridized carbons (Fsp3) is 0.375. The summed E-state index contributed by atoms with van der Waals surface area (Å²) in [6.07, 6.45) is 0.695. The first-order valence-corrected chi connectivity index (χ1v) is 7.46. The third-order valence-corrected chi connectivity index (χ3v) is 4.32. The van der Waals surface area contributed by atoms with E-state index in [4.69, 9.17) is 5.73 Å². The van der Waals surface area contributed by atoms with Crippen LogP contribution in [-0.2, 0) is 0 Å². The molecule has 0 aliphatic rings. The number of aliphatic hydroxyl groups is 1. The molecular formula is C16H21NOS. The van der Waals surface area contributed by atoms with Crippen molar-refractivity contribution in [2.75, 3.05) is 6.54 Å². The lowest BCUT2D eigenvalue weighted by molar-refractivity contribution is 0.0608. The van der Waals surface area contributed by atoms with Crippen molar-refractivity contribution in [1.29, 1.82) is 0 Å². The van der Waals surface area contributed by atoms with Gasteiger partial charge < -0.3 is 10.8 Å². The van der Waals surface area contributed by atoms with Crippen LogP contribution < -0.4 is 5.73 Å². The Bertz CT molecular complexity index is 553. The molecule has 2 nitrogen and oxygen atoms in total. The summed E-state index contributed by atoms with van der Waals surface area (Å²) in [6, 6.07) is 14.8. The minimum atomic E-state index is -0.775. The third-order valence-electron chi connectivity index (χ3n) is 3.23. The van der Waals surface area contributed by atoms with Crippen LogP contribution in [-0.4, -0.2) is 22.5 Å². The Morgan fingerprint density at radius 3 is 2.58 bits per heavy atom. The second-order valence-electron chi connectivity index (χ2n) is 5.34. The van der Waals surface area contributed by atoms with Crippen LogP contribution >= 0.6 is 11.8 Å². The first-order valence-electron chi connectivity index (χ1n) is 6.58. The molecule has 0 saturated carbocycles. The van der Waals surface area contributed by atoms with Crippen LogP contribution in [0.2, 0.25) is 0 Å². The highest BCUT2D eigenvalue weighted by Gasteiger charge is 2.21. The number of rotatable bonds is 5. The minimum absolute atomic E-state index is 0.301. The molecule has 0 aliphatic carbocycles. The molecule has 2 atom stereocenters. The van der Waals surface area contributed by atoms with Crippen molar-refractivity contribution in [3.05, 3.63) is 42.5 Å². The quantitative estimate of drug-likeness (QED) is 0.822. The highest BCUT2D eigenvalue weighted by molar-refractivity contribution is 8.00. The molecule has 0 radical (unpaired) electrons. The highest BCUT2D eigenvalue weighted by atomic mass is 32.2. The van der Waals surface area contributed by atoms with Gasteiger partial charge in [-0.2, -0.15) is 0 Å². The maximum absolute atomic E-state index is 10.0. The van der Waals surface area contributed by atoms with E-state index in [0.29, 0.717) is 18.2 Å². The highest BCUT2D eigenvalue weighted by Crippen LogP contribution is 2.30. The zero-order valence-corrected chi connectivity index (χ0v) is 12.3. The molecule has 19 heavy (non-hydrogen) atoms. The monoisotopic (exact) mass is 275 g/mol. The summed E-state index contributed by atoms with van der Waals surface area (Å²) in [7, 11) is 0. The lowest BCUT2D eigenvalue weighted by atomic mass is 10.0. The Labute approximate surface area is 119 Å². The van der Waals surface area contributed by atoms with Crippen LogP contribution in [0.25, 0.3) is 10.8 Å². The molecule has 2 aromatic rings. The SMILES string of the molecule is CC(CC(C)(O)CN)Sc1ccc2ccccc2c1. The molecule has 2 aromatic carbocycles. The van der Waals surface area contributed by atoms with Crippen LogP contribution in [0.15, 0.2) is 47.4 Å². The summed E-state index contributed by atoms with van der Waals surface area (Å²) < 4.78 is 0. The first kappa shape index (κ1) is 14.4. The molecule has 0 heterocycles. The lowest BCUT2D eigenvalue weighted by Gasteiger charge is -2.24. The molecule has 0 amide bonds. The van der Waals surface area contributed by atoms with E-state index < -0.39 is 5.60 Å². The van der Waals surface area contributed by atoms with Crippen molar-refractivity contribution in [2.24, 2.45) is 5.73 Å². The maximum Gasteiger partial charge on any atom is 0.0752 e. The number of fused-ring (bicyclic) bond motifs is 1. The van der Waals surface area contributed by atoms with Crippen LogP contribution in [0.4, 0.5) is 0 Å². The Morgan fingerprint density at radius 2 is 1.89 bits per heavy atom. The zero-order chi connectivity index (χ0) is 13.9. The second kappa shape index (κ2) is 5.95. The van der Waals surface area contributed by atoms with Gasteiger partial charge >= 0.3 is 0 Å². The van der Waals surface area contributed by atoms with Crippen LogP contribution in [0.5, 0.6) is 0 Å². The molecule has 0 aromatic heterocycles. The smallest absolute Gasteiger partial charge is 0.0752 e. The zero-order valence-electron chi connectivity index (χ0n) is 11.5. The molecule has 0 saturated heterocycles. The molecular weight excluding hydrogens is 254 g/mol. The average molecular weight is 275 g/mol. The summed E-state index contributed by atoms with van der Waals surface area (Å²) in [5.41, 5.74) is 4.79. The largest absolute Gasteiger partial charge is 0.389 e. The van der Waals surface area contributed by atoms with Gasteiger partial charge in [-0.15, -0.1) is 11.8 Å². The summed E-state index contributed by atoms with van der Waals surface area (Å²) in [4.78, 5) is 1.24. The Balaban J connectivity index is 2.08. The van der Waals surface area contributed by atoms with E-state index in [9.17, 15) is 5.11 Å². The van der Waals surface area contributed by atoms with Crippen molar-refractivity contribution in [1.82, 2.24) is 0 Å². The molecule has 0 bridgehead atoms. The molecule has 0 fully saturated rings. The first-order chi connectivity index (χ1) is 9.00. The molecule has 102 valence electrons. The number of hydrogen-bond acceptors (Lipinski definition) is 3. The van der Waals surface area contributed by atoms with Gasteiger partial charge in [0.2, 0.25) is 0 Å². The van der Waals surface area contributed by atoms with Gasteiger partial charge in [-0.1, -0.05) is 37.3 Å². The van der Waals surface area contributed by atoms with Gasteiger partial charge in [0.05, 0.1) is 5.60 Å². The number of hydrogen-bond donors (Lipinski definition) is 2. The predicted molar refractivity (Wildman–Crippen MR) is 83.6 cm³/mol. The van der Waals surface area contributed by atoms with Gasteiger partial charge in [0.15, 0.2) is 0 Å². The lowest BCUT2D eigenvalue weighted by Crippen LogP contribution is -2.36. The molecule has 0 aliphatic heterocycles. The number of thioether (sulfide) groups is 1. The second-order valence-corrected chi connectivity index (χ2v) is 6.85. The standard InChI is InChI=1S/C16H21NOS/c1-12(10-16(2,18)11-17)19-15-8-7-13-5-3-4-6-14(13)9-15/h3-9,12,18H,10-11,17H2,1-2H3. The van der Waals surface area contributed by atoms with Gasteiger partial charge in [-0.05, 0) is 36.2 Å². The van der Waals surface area contributed by atoms with Crippen molar-refractivity contribution in [3.8, 4) is 0 Å². The van der Waals surface area contributed by atoms with Crippen molar-refractivity contribution < 1.29 is 5.11 Å². The van der Waals surface area contributed by atoms with E-state index in [1.807, 2.05) is 0 Å². The Morgan fingerprint density at radius 1 is 1.21 bits per heavy atom.